The van der Waals surface area contributed by atoms with Gasteiger partial charge in [0.1, 0.15) is 0 Å². The van der Waals surface area contributed by atoms with Crippen LogP contribution in [0.5, 0.6) is 0 Å². The lowest BCUT2D eigenvalue weighted by atomic mass is 10.1. The molecule has 0 saturated carbocycles. The zero-order valence-electron chi connectivity index (χ0n) is 9.50. The first kappa shape index (κ1) is 12.0. The molecule has 1 heterocycles. The van der Waals surface area contributed by atoms with Crippen LogP contribution in [0.4, 0.5) is 0 Å². The van der Waals surface area contributed by atoms with Gasteiger partial charge in [-0.1, -0.05) is 13.3 Å². The van der Waals surface area contributed by atoms with Gasteiger partial charge in [-0.15, -0.1) is 0 Å². The highest BCUT2D eigenvalue weighted by Gasteiger charge is 2.18. The molecule has 3 heteroatoms. The van der Waals surface area contributed by atoms with Crippen molar-refractivity contribution in [2.24, 2.45) is 0 Å². The standard InChI is InChI=1S/C11H24N2O/c1-3-4-10(12-2)9-13-7-5-11(14)6-8-13/h10-12,14H,3-9H2,1-2H3/t10-/m0/s1. The number of piperidine rings is 1. The van der Waals surface area contributed by atoms with Crippen molar-refractivity contribution >= 4 is 0 Å². The molecule has 1 fully saturated rings. The predicted octanol–water partition coefficient (Wildman–Crippen LogP) is 0.831. The van der Waals surface area contributed by atoms with E-state index < -0.39 is 0 Å². The van der Waals surface area contributed by atoms with E-state index in [4.69, 9.17) is 0 Å². The third-order valence-corrected chi connectivity index (χ3v) is 3.08. The molecule has 0 bridgehead atoms. The molecule has 84 valence electrons. The Kier molecular flexibility index (Phi) is 5.45. The molecular weight excluding hydrogens is 176 g/mol. The molecule has 0 amide bonds. The van der Waals surface area contributed by atoms with Crippen molar-refractivity contribution in [3.63, 3.8) is 0 Å². The summed E-state index contributed by atoms with van der Waals surface area (Å²) in [5.41, 5.74) is 0. The van der Waals surface area contributed by atoms with Gasteiger partial charge in [-0.25, -0.2) is 0 Å². The van der Waals surface area contributed by atoms with Crippen molar-refractivity contribution in [3.8, 4) is 0 Å². The van der Waals surface area contributed by atoms with Gasteiger partial charge < -0.3 is 15.3 Å². The number of hydrogen-bond acceptors (Lipinski definition) is 3. The molecule has 0 aromatic rings. The van der Waals surface area contributed by atoms with Crippen LogP contribution in [0, 0.1) is 0 Å². The van der Waals surface area contributed by atoms with Gasteiger partial charge in [0.05, 0.1) is 6.10 Å². The average Bonchev–Trinajstić information content (AvgIpc) is 2.20. The first-order valence-corrected chi connectivity index (χ1v) is 5.84. The molecular formula is C11H24N2O. The summed E-state index contributed by atoms with van der Waals surface area (Å²) in [4.78, 5) is 2.46. The largest absolute Gasteiger partial charge is 0.393 e. The van der Waals surface area contributed by atoms with Crippen molar-refractivity contribution in [2.45, 2.75) is 44.8 Å². The Hall–Kier alpha value is -0.120. The maximum absolute atomic E-state index is 9.38. The van der Waals surface area contributed by atoms with Gasteiger partial charge >= 0.3 is 0 Å². The van der Waals surface area contributed by atoms with Gasteiger partial charge in [0, 0.05) is 25.7 Å². The minimum absolute atomic E-state index is 0.0505. The van der Waals surface area contributed by atoms with E-state index in [0.29, 0.717) is 6.04 Å². The summed E-state index contributed by atoms with van der Waals surface area (Å²) in [6.45, 7) is 5.48. The minimum atomic E-state index is -0.0505. The SMILES string of the molecule is CCC[C@@H](CN1CCC(O)CC1)NC. The number of likely N-dealkylation sites (tertiary alicyclic amines) is 1. The van der Waals surface area contributed by atoms with Crippen molar-refractivity contribution in [3.05, 3.63) is 0 Å². The fourth-order valence-corrected chi connectivity index (χ4v) is 2.09. The highest BCUT2D eigenvalue weighted by molar-refractivity contribution is 4.76. The number of nitrogens with one attached hydrogen (secondary N) is 1. The zero-order valence-corrected chi connectivity index (χ0v) is 9.50. The summed E-state index contributed by atoms with van der Waals surface area (Å²) in [7, 11) is 2.04. The summed E-state index contributed by atoms with van der Waals surface area (Å²) in [5.74, 6) is 0. The Labute approximate surface area is 87.5 Å². The molecule has 14 heavy (non-hydrogen) atoms. The molecule has 1 saturated heterocycles. The number of nitrogens with zero attached hydrogens (tertiary/aromatic N) is 1. The van der Waals surface area contributed by atoms with Crippen LogP contribution in [0.25, 0.3) is 0 Å². The topological polar surface area (TPSA) is 35.5 Å². The van der Waals surface area contributed by atoms with Crippen LogP contribution < -0.4 is 5.32 Å². The second-order valence-electron chi connectivity index (χ2n) is 4.31. The molecule has 1 atom stereocenters. The molecule has 0 aliphatic carbocycles. The molecule has 1 aliphatic heterocycles. The van der Waals surface area contributed by atoms with Crippen LogP contribution >= 0.6 is 0 Å². The highest BCUT2D eigenvalue weighted by atomic mass is 16.3. The number of aliphatic hydroxyl groups excluding tert-OH is 1. The van der Waals surface area contributed by atoms with Crippen LogP contribution in [0.2, 0.25) is 0 Å². The monoisotopic (exact) mass is 200 g/mol. The fraction of sp³-hybridized carbons (Fsp3) is 1.00. The number of rotatable bonds is 5. The lowest BCUT2D eigenvalue weighted by molar-refractivity contribution is 0.0776. The van der Waals surface area contributed by atoms with E-state index in [1.165, 1.54) is 12.8 Å². The van der Waals surface area contributed by atoms with Crippen molar-refractivity contribution in [1.29, 1.82) is 0 Å². The van der Waals surface area contributed by atoms with Crippen LogP contribution in [0.1, 0.15) is 32.6 Å². The van der Waals surface area contributed by atoms with Gasteiger partial charge in [-0.2, -0.15) is 0 Å². The molecule has 0 spiro atoms. The number of hydrogen-bond donors (Lipinski definition) is 2. The van der Waals surface area contributed by atoms with Crippen molar-refractivity contribution in [1.82, 2.24) is 10.2 Å². The zero-order chi connectivity index (χ0) is 10.4. The predicted molar refractivity (Wildman–Crippen MR) is 59.4 cm³/mol. The van der Waals surface area contributed by atoms with E-state index in [-0.39, 0.29) is 6.10 Å². The summed E-state index contributed by atoms with van der Waals surface area (Å²) >= 11 is 0. The Bertz CT molecular complexity index is 144. The van der Waals surface area contributed by atoms with E-state index in [0.717, 1.165) is 32.5 Å². The number of likely N-dealkylation sites (N-methyl/N-ethyl adjacent to an activating group) is 1. The Morgan fingerprint density at radius 1 is 1.43 bits per heavy atom. The van der Waals surface area contributed by atoms with Crippen molar-refractivity contribution in [2.75, 3.05) is 26.7 Å². The Morgan fingerprint density at radius 3 is 2.57 bits per heavy atom. The maximum Gasteiger partial charge on any atom is 0.0564 e. The second-order valence-corrected chi connectivity index (χ2v) is 4.31. The molecule has 3 nitrogen and oxygen atoms in total. The molecule has 0 radical (unpaired) electrons. The van der Waals surface area contributed by atoms with E-state index in [1.807, 2.05) is 7.05 Å². The van der Waals surface area contributed by atoms with E-state index in [1.54, 1.807) is 0 Å². The van der Waals surface area contributed by atoms with Crippen LogP contribution in [-0.2, 0) is 0 Å². The molecule has 1 aliphatic rings. The molecule has 0 aromatic heterocycles. The van der Waals surface area contributed by atoms with Crippen LogP contribution in [0.3, 0.4) is 0 Å². The molecule has 0 unspecified atom stereocenters. The first-order chi connectivity index (χ1) is 6.76. The van der Waals surface area contributed by atoms with Gasteiger partial charge in [0.25, 0.3) is 0 Å². The number of aliphatic hydroxyl groups is 1. The molecule has 0 aromatic carbocycles. The summed E-state index contributed by atoms with van der Waals surface area (Å²) in [6, 6.07) is 0.621. The summed E-state index contributed by atoms with van der Waals surface area (Å²) in [6.07, 6.45) is 4.33. The van der Waals surface area contributed by atoms with Crippen LogP contribution in [0.15, 0.2) is 0 Å². The van der Waals surface area contributed by atoms with E-state index in [2.05, 4.69) is 17.1 Å². The minimum Gasteiger partial charge on any atom is -0.393 e. The normalized spacial score (nSPS) is 22.5. The van der Waals surface area contributed by atoms with Gasteiger partial charge in [0.15, 0.2) is 0 Å². The first-order valence-electron chi connectivity index (χ1n) is 5.84. The smallest absolute Gasteiger partial charge is 0.0564 e. The van der Waals surface area contributed by atoms with E-state index in [9.17, 15) is 5.11 Å². The second kappa shape index (κ2) is 6.38. The van der Waals surface area contributed by atoms with Gasteiger partial charge in [-0.05, 0) is 26.3 Å². The molecule has 1 rings (SSSR count). The third kappa shape index (κ3) is 3.95. The molecule has 2 N–H and O–H groups in total. The summed E-state index contributed by atoms with van der Waals surface area (Å²) in [5, 5.41) is 12.7. The van der Waals surface area contributed by atoms with E-state index >= 15 is 0 Å². The fourth-order valence-electron chi connectivity index (χ4n) is 2.09. The quantitative estimate of drug-likeness (QED) is 0.690. The highest BCUT2D eigenvalue weighted by Crippen LogP contribution is 2.11. The van der Waals surface area contributed by atoms with Crippen molar-refractivity contribution < 1.29 is 5.11 Å². The van der Waals surface area contributed by atoms with Crippen LogP contribution in [-0.4, -0.2) is 48.8 Å². The van der Waals surface area contributed by atoms with Gasteiger partial charge in [0.2, 0.25) is 0 Å². The lowest BCUT2D eigenvalue weighted by Gasteiger charge is -2.32. The Balaban J connectivity index is 2.21. The van der Waals surface area contributed by atoms with Gasteiger partial charge in [-0.3, -0.25) is 0 Å². The maximum atomic E-state index is 9.38. The average molecular weight is 200 g/mol. The Morgan fingerprint density at radius 2 is 2.07 bits per heavy atom. The third-order valence-electron chi connectivity index (χ3n) is 3.08. The summed E-state index contributed by atoms with van der Waals surface area (Å²) < 4.78 is 0. The lowest BCUT2D eigenvalue weighted by Crippen LogP contribution is -2.44.